The van der Waals surface area contributed by atoms with Gasteiger partial charge in [-0.25, -0.2) is 0 Å². The molecule has 2 rings (SSSR count). The normalized spacial score (nSPS) is 19.7. The largest absolute Gasteiger partial charge is 0.508 e. The average molecular weight is 488 g/mol. The Hall–Kier alpha value is -1.51. The number of guanidine groups is 1. The third-order valence-electron chi connectivity index (χ3n) is 4.91. The Morgan fingerprint density at radius 3 is 2.37 bits per heavy atom. The molecule has 6 nitrogen and oxygen atoms in total. The van der Waals surface area contributed by atoms with Crippen LogP contribution in [0.2, 0.25) is 0 Å². The summed E-state index contributed by atoms with van der Waals surface area (Å²) in [5.41, 5.74) is 0.532. The van der Waals surface area contributed by atoms with E-state index >= 15 is 0 Å². The van der Waals surface area contributed by atoms with Gasteiger partial charge in [-0.15, -0.1) is 24.0 Å². The molecule has 1 amide bonds. The molecule has 0 bridgehead atoms. The molecule has 0 saturated heterocycles. The Labute approximate surface area is 179 Å². The van der Waals surface area contributed by atoms with Gasteiger partial charge in [0.2, 0.25) is 0 Å². The van der Waals surface area contributed by atoms with Crippen LogP contribution in [0.15, 0.2) is 29.3 Å². The molecule has 0 aliphatic heterocycles. The van der Waals surface area contributed by atoms with E-state index in [4.69, 9.17) is 0 Å². The van der Waals surface area contributed by atoms with Crippen molar-refractivity contribution in [3.05, 3.63) is 29.8 Å². The lowest BCUT2D eigenvalue weighted by molar-refractivity contribution is 0.0955. The number of phenols is 1. The highest BCUT2D eigenvalue weighted by molar-refractivity contribution is 14.0. The standard InChI is InChI=1S/C20H32N4O2.HI/c1-3-15-5-9-17(10-6-15)24-20(21-4-2)23-14-13-22-19(26)16-7-11-18(25)12-8-16;/h7-8,11-12,15,17,25H,3-6,9-10,13-14H2,1-2H3,(H,22,26)(H2,21,23,24);1H. The predicted molar refractivity (Wildman–Crippen MR) is 121 cm³/mol. The molecule has 1 aliphatic carbocycles. The molecule has 0 aromatic heterocycles. The smallest absolute Gasteiger partial charge is 0.251 e. The molecule has 4 N–H and O–H groups in total. The number of carbonyl (C=O) groups is 1. The second-order valence-corrected chi connectivity index (χ2v) is 6.83. The molecule has 1 aromatic carbocycles. The zero-order valence-electron chi connectivity index (χ0n) is 16.3. The molecular weight excluding hydrogens is 455 g/mol. The second kappa shape index (κ2) is 12.8. The summed E-state index contributed by atoms with van der Waals surface area (Å²) in [6.45, 7) is 6.13. The topological polar surface area (TPSA) is 85.8 Å². The lowest BCUT2D eigenvalue weighted by Gasteiger charge is -2.29. The molecule has 0 radical (unpaired) electrons. The number of aliphatic imine (C=N–C) groups is 1. The van der Waals surface area contributed by atoms with Crippen molar-refractivity contribution in [3.8, 4) is 5.75 Å². The van der Waals surface area contributed by atoms with Crippen LogP contribution in [-0.2, 0) is 0 Å². The van der Waals surface area contributed by atoms with Crippen LogP contribution in [0.5, 0.6) is 5.75 Å². The maximum absolute atomic E-state index is 12.0. The van der Waals surface area contributed by atoms with Gasteiger partial charge in [0, 0.05) is 24.7 Å². The van der Waals surface area contributed by atoms with E-state index in [0.29, 0.717) is 24.7 Å². The maximum Gasteiger partial charge on any atom is 0.251 e. The van der Waals surface area contributed by atoms with E-state index in [1.807, 2.05) is 0 Å². The molecule has 7 heteroatoms. The van der Waals surface area contributed by atoms with Crippen molar-refractivity contribution in [2.75, 3.05) is 19.6 Å². The van der Waals surface area contributed by atoms with Crippen molar-refractivity contribution >= 4 is 35.8 Å². The molecule has 0 atom stereocenters. The number of carbonyl (C=O) groups excluding carboxylic acids is 1. The molecule has 1 aliphatic rings. The number of halogens is 1. The first-order chi connectivity index (χ1) is 12.6. The van der Waals surface area contributed by atoms with Gasteiger partial charge in [-0.1, -0.05) is 13.3 Å². The van der Waals surface area contributed by atoms with Gasteiger partial charge in [-0.2, -0.15) is 0 Å². The quantitative estimate of drug-likeness (QED) is 0.206. The maximum atomic E-state index is 12.0. The summed E-state index contributed by atoms with van der Waals surface area (Å²) in [5.74, 6) is 1.70. The van der Waals surface area contributed by atoms with Gasteiger partial charge < -0.3 is 21.1 Å². The Kier molecular flexibility index (Phi) is 11.2. The number of amides is 1. The van der Waals surface area contributed by atoms with E-state index in [-0.39, 0.29) is 35.6 Å². The van der Waals surface area contributed by atoms with Crippen LogP contribution < -0.4 is 16.0 Å². The number of rotatable bonds is 7. The molecular formula is C20H33IN4O2. The number of nitrogens with zero attached hydrogens (tertiary/aromatic N) is 1. The van der Waals surface area contributed by atoms with Crippen LogP contribution in [0.3, 0.4) is 0 Å². The average Bonchev–Trinajstić information content (AvgIpc) is 2.66. The van der Waals surface area contributed by atoms with Crippen molar-refractivity contribution < 1.29 is 9.90 Å². The molecule has 0 unspecified atom stereocenters. The zero-order valence-corrected chi connectivity index (χ0v) is 18.7. The minimum atomic E-state index is -0.156. The van der Waals surface area contributed by atoms with Crippen molar-refractivity contribution in [2.24, 2.45) is 10.9 Å². The number of aromatic hydroxyl groups is 1. The van der Waals surface area contributed by atoms with Gasteiger partial charge in [0.1, 0.15) is 5.75 Å². The highest BCUT2D eigenvalue weighted by Gasteiger charge is 2.20. The van der Waals surface area contributed by atoms with Gasteiger partial charge in [0.05, 0.1) is 6.54 Å². The first kappa shape index (κ1) is 23.5. The Morgan fingerprint density at radius 1 is 1.11 bits per heavy atom. The van der Waals surface area contributed by atoms with E-state index in [1.165, 1.54) is 44.2 Å². The summed E-state index contributed by atoms with van der Waals surface area (Å²) in [6, 6.07) is 6.71. The lowest BCUT2D eigenvalue weighted by Crippen LogP contribution is -2.45. The number of hydrogen-bond donors (Lipinski definition) is 4. The van der Waals surface area contributed by atoms with Crippen LogP contribution in [0.25, 0.3) is 0 Å². The number of hydrogen-bond acceptors (Lipinski definition) is 3. The van der Waals surface area contributed by atoms with Crippen molar-refractivity contribution in [1.29, 1.82) is 0 Å². The lowest BCUT2D eigenvalue weighted by atomic mass is 9.84. The summed E-state index contributed by atoms with van der Waals surface area (Å²) in [7, 11) is 0. The monoisotopic (exact) mass is 488 g/mol. The minimum absolute atomic E-state index is 0. The van der Waals surface area contributed by atoms with Gasteiger partial charge in [0.15, 0.2) is 5.96 Å². The fourth-order valence-electron chi connectivity index (χ4n) is 3.28. The SMILES string of the molecule is CCNC(=NCCNC(=O)c1ccc(O)cc1)NC1CCC(CC)CC1.I. The van der Waals surface area contributed by atoms with Crippen molar-refractivity contribution in [2.45, 2.75) is 52.0 Å². The third-order valence-corrected chi connectivity index (χ3v) is 4.91. The van der Waals surface area contributed by atoms with Crippen LogP contribution in [0, 0.1) is 5.92 Å². The first-order valence-electron chi connectivity index (χ1n) is 9.74. The van der Waals surface area contributed by atoms with E-state index in [1.54, 1.807) is 12.1 Å². The number of phenolic OH excluding ortho intramolecular Hbond substituents is 1. The summed E-state index contributed by atoms with van der Waals surface area (Å²) in [4.78, 5) is 16.6. The van der Waals surface area contributed by atoms with Crippen LogP contribution >= 0.6 is 24.0 Å². The van der Waals surface area contributed by atoms with E-state index in [0.717, 1.165) is 18.4 Å². The Bertz CT molecular complexity index is 584. The molecule has 1 fully saturated rings. The van der Waals surface area contributed by atoms with Crippen molar-refractivity contribution in [3.63, 3.8) is 0 Å². The van der Waals surface area contributed by atoms with E-state index in [2.05, 4.69) is 34.8 Å². The van der Waals surface area contributed by atoms with Crippen LogP contribution in [0.4, 0.5) is 0 Å². The highest BCUT2D eigenvalue weighted by Crippen LogP contribution is 2.26. The Morgan fingerprint density at radius 2 is 1.78 bits per heavy atom. The predicted octanol–water partition coefficient (Wildman–Crippen LogP) is 3.26. The van der Waals surface area contributed by atoms with Gasteiger partial charge in [-0.05, 0) is 62.8 Å². The summed E-state index contributed by atoms with van der Waals surface area (Å²) >= 11 is 0. The fourth-order valence-corrected chi connectivity index (χ4v) is 3.28. The molecule has 0 heterocycles. The summed E-state index contributed by atoms with van der Waals surface area (Å²) in [6.07, 6.45) is 6.25. The van der Waals surface area contributed by atoms with E-state index in [9.17, 15) is 9.90 Å². The van der Waals surface area contributed by atoms with Crippen LogP contribution in [0.1, 0.15) is 56.3 Å². The van der Waals surface area contributed by atoms with Crippen molar-refractivity contribution in [1.82, 2.24) is 16.0 Å². The minimum Gasteiger partial charge on any atom is -0.508 e. The molecule has 1 saturated carbocycles. The molecule has 27 heavy (non-hydrogen) atoms. The van der Waals surface area contributed by atoms with E-state index < -0.39 is 0 Å². The second-order valence-electron chi connectivity index (χ2n) is 6.83. The fraction of sp³-hybridized carbons (Fsp3) is 0.600. The Balaban J connectivity index is 0.00000364. The number of nitrogens with one attached hydrogen (secondary N) is 3. The molecule has 0 spiro atoms. The number of benzene rings is 1. The molecule has 1 aromatic rings. The van der Waals surface area contributed by atoms with Gasteiger partial charge in [-0.3, -0.25) is 9.79 Å². The first-order valence-corrected chi connectivity index (χ1v) is 9.74. The third kappa shape index (κ3) is 8.36. The summed E-state index contributed by atoms with van der Waals surface area (Å²) in [5, 5.41) is 18.9. The van der Waals surface area contributed by atoms with Crippen LogP contribution in [-0.4, -0.2) is 42.6 Å². The molecule has 152 valence electrons. The van der Waals surface area contributed by atoms with Gasteiger partial charge >= 0.3 is 0 Å². The zero-order chi connectivity index (χ0) is 18.8. The summed E-state index contributed by atoms with van der Waals surface area (Å²) < 4.78 is 0. The highest BCUT2D eigenvalue weighted by atomic mass is 127. The van der Waals surface area contributed by atoms with Gasteiger partial charge in [0.25, 0.3) is 5.91 Å².